The van der Waals surface area contributed by atoms with Crippen LogP contribution in [0.15, 0.2) is 54.6 Å². The minimum absolute atomic E-state index is 0.245. The summed E-state index contributed by atoms with van der Waals surface area (Å²) in [6.07, 6.45) is 0.635. The lowest BCUT2D eigenvalue weighted by Crippen LogP contribution is -2.12. The first kappa shape index (κ1) is 15.3. The average Bonchev–Trinajstić information content (AvgIpc) is 2.48. The molecule has 1 unspecified atom stereocenters. The van der Waals surface area contributed by atoms with Gasteiger partial charge in [-0.15, -0.1) is 0 Å². The molecule has 110 valence electrons. The van der Waals surface area contributed by atoms with Gasteiger partial charge in [0.15, 0.2) is 0 Å². The summed E-state index contributed by atoms with van der Waals surface area (Å²) in [5, 5.41) is 0. The second-order valence-electron chi connectivity index (χ2n) is 5.71. The Kier molecular flexibility index (Phi) is 5.15. The maximum absolute atomic E-state index is 12.4. The van der Waals surface area contributed by atoms with E-state index in [4.69, 9.17) is 4.74 Å². The zero-order valence-corrected chi connectivity index (χ0v) is 12.9. The third kappa shape index (κ3) is 4.19. The molecule has 0 heterocycles. The number of carbonyl (C=O) groups is 1. The van der Waals surface area contributed by atoms with Crippen LogP contribution in [0.4, 0.5) is 0 Å². The van der Waals surface area contributed by atoms with Gasteiger partial charge in [-0.1, -0.05) is 62.4 Å². The van der Waals surface area contributed by atoms with Crippen molar-refractivity contribution in [3.63, 3.8) is 0 Å². The monoisotopic (exact) mass is 282 g/mol. The maximum atomic E-state index is 12.4. The molecule has 0 aliphatic rings. The van der Waals surface area contributed by atoms with E-state index < -0.39 is 0 Å². The zero-order valence-electron chi connectivity index (χ0n) is 12.9. The van der Waals surface area contributed by atoms with Gasteiger partial charge < -0.3 is 4.74 Å². The van der Waals surface area contributed by atoms with Crippen molar-refractivity contribution < 1.29 is 9.53 Å². The lowest BCUT2D eigenvalue weighted by Gasteiger charge is -2.16. The molecular weight excluding hydrogens is 260 g/mol. The molecule has 0 fully saturated rings. The summed E-state index contributed by atoms with van der Waals surface area (Å²) < 4.78 is 5.61. The molecule has 2 heteroatoms. The SMILES string of the molecule is CC(C)Cc1ccccc1C(=O)OC(C)c1ccccc1. The quantitative estimate of drug-likeness (QED) is 0.736. The summed E-state index contributed by atoms with van der Waals surface area (Å²) >= 11 is 0. The Morgan fingerprint density at radius 2 is 1.57 bits per heavy atom. The number of ether oxygens (including phenoxy) is 1. The van der Waals surface area contributed by atoms with E-state index >= 15 is 0 Å². The van der Waals surface area contributed by atoms with E-state index in [9.17, 15) is 4.79 Å². The van der Waals surface area contributed by atoms with Gasteiger partial charge in [-0.3, -0.25) is 0 Å². The lowest BCUT2D eigenvalue weighted by atomic mass is 9.98. The summed E-state index contributed by atoms with van der Waals surface area (Å²) in [6, 6.07) is 17.5. The highest BCUT2D eigenvalue weighted by Crippen LogP contribution is 2.21. The van der Waals surface area contributed by atoms with E-state index in [0.717, 1.165) is 17.5 Å². The molecular formula is C19H22O2. The van der Waals surface area contributed by atoms with Crippen LogP contribution in [0.2, 0.25) is 0 Å². The first-order chi connectivity index (χ1) is 10.1. The minimum atomic E-state index is -0.248. The molecule has 2 nitrogen and oxygen atoms in total. The number of hydrogen-bond donors (Lipinski definition) is 0. The van der Waals surface area contributed by atoms with Crippen molar-refractivity contribution in [3.8, 4) is 0 Å². The van der Waals surface area contributed by atoms with Crippen LogP contribution in [-0.2, 0) is 11.2 Å². The highest BCUT2D eigenvalue weighted by atomic mass is 16.5. The first-order valence-electron chi connectivity index (χ1n) is 7.41. The standard InChI is InChI=1S/C19H22O2/c1-14(2)13-17-11-7-8-12-18(17)19(20)21-15(3)16-9-5-4-6-10-16/h4-12,14-15H,13H2,1-3H3. The Morgan fingerprint density at radius 3 is 2.24 bits per heavy atom. The van der Waals surface area contributed by atoms with Gasteiger partial charge in [0.1, 0.15) is 6.10 Å². The van der Waals surface area contributed by atoms with Crippen molar-refractivity contribution in [2.75, 3.05) is 0 Å². The Hall–Kier alpha value is -2.09. The normalized spacial score (nSPS) is 12.2. The Bertz CT molecular complexity index is 588. The van der Waals surface area contributed by atoms with Gasteiger partial charge in [0.2, 0.25) is 0 Å². The molecule has 0 aromatic heterocycles. The van der Waals surface area contributed by atoms with Crippen LogP contribution in [-0.4, -0.2) is 5.97 Å². The Labute approximate surface area is 126 Å². The molecule has 1 atom stereocenters. The van der Waals surface area contributed by atoms with E-state index in [1.165, 1.54) is 0 Å². The first-order valence-corrected chi connectivity index (χ1v) is 7.41. The molecule has 0 aliphatic heterocycles. The topological polar surface area (TPSA) is 26.3 Å². The zero-order chi connectivity index (χ0) is 15.2. The van der Waals surface area contributed by atoms with Crippen molar-refractivity contribution in [2.45, 2.75) is 33.3 Å². The molecule has 2 aromatic rings. The van der Waals surface area contributed by atoms with E-state index in [2.05, 4.69) is 13.8 Å². The van der Waals surface area contributed by atoms with Crippen molar-refractivity contribution in [3.05, 3.63) is 71.3 Å². The molecule has 0 saturated carbocycles. The van der Waals surface area contributed by atoms with Crippen LogP contribution in [0.25, 0.3) is 0 Å². The summed E-state index contributed by atoms with van der Waals surface area (Å²) in [5.74, 6) is 0.257. The molecule has 0 spiro atoms. The van der Waals surface area contributed by atoms with Gasteiger partial charge in [0.05, 0.1) is 5.56 Å². The molecule has 21 heavy (non-hydrogen) atoms. The molecule has 2 aromatic carbocycles. The smallest absolute Gasteiger partial charge is 0.339 e. The molecule has 0 saturated heterocycles. The van der Waals surface area contributed by atoms with Crippen molar-refractivity contribution in [1.82, 2.24) is 0 Å². The van der Waals surface area contributed by atoms with Crippen LogP contribution in [0, 0.1) is 5.92 Å². The maximum Gasteiger partial charge on any atom is 0.339 e. The fourth-order valence-electron chi connectivity index (χ4n) is 2.35. The van der Waals surface area contributed by atoms with Crippen molar-refractivity contribution in [1.29, 1.82) is 0 Å². The van der Waals surface area contributed by atoms with Crippen molar-refractivity contribution >= 4 is 5.97 Å². The Balaban J connectivity index is 2.14. The number of hydrogen-bond acceptors (Lipinski definition) is 2. The second kappa shape index (κ2) is 7.07. The fourth-order valence-corrected chi connectivity index (χ4v) is 2.35. The summed E-state index contributed by atoms with van der Waals surface area (Å²) in [7, 11) is 0. The molecule has 0 aliphatic carbocycles. The summed E-state index contributed by atoms with van der Waals surface area (Å²) in [5.41, 5.74) is 2.74. The van der Waals surface area contributed by atoms with Gasteiger partial charge >= 0.3 is 5.97 Å². The Morgan fingerprint density at radius 1 is 0.952 bits per heavy atom. The van der Waals surface area contributed by atoms with Gasteiger partial charge in [-0.2, -0.15) is 0 Å². The molecule has 0 amide bonds. The van der Waals surface area contributed by atoms with Crippen molar-refractivity contribution in [2.24, 2.45) is 5.92 Å². The lowest BCUT2D eigenvalue weighted by molar-refractivity contribution is 0.0336. The third-order valence-electron chi connectivity index (χ3n) is 3.42. The van der Waals surface area contributed by atoms with Gasteiger partial charge in [0, 0.05) is 0 Å². The summed E-state index contributed by atoms with van der Waals surface area (Å²) in [6.45, 7) is 6.20. The van der Waals surface area contributed by atoms with Gasteiger partial charge in [0.25, 0.3) is 0 Å². The van der Waals surface area contributed by atoms with Crippen LogP contribution in [0.3, 0.4) is 0 Å². The molecule has 0 radical (unpaired) electrons. The molecule has 0 bridgehead atoms. The second-order valence-corrected chi connectivity index (χ2v) is 5.71. The predicted molar refractivity (Wildman–Crippen MR) is 85.3 cm³/mol. The average molecular weight is 282 g/mol. The predicted octanol–water partition coefficient (Wildman–Crippen LogP) is 4.80. The van der Waals surface area contributed by atoms with Gasteiger partial charge in [-0.25, -0.2) is 4.79 Å². The number of benzene rings is 2. The van der Waals surface area contributed by atoms with E-state index in [1.54, 1.807) is 0 Å². The molecule has 0 N–H and O–H groups in total. The highest BCUT2D eigenvalue weighted by Gasteiger charge is 2.16. The van der Waals surface area contributed by atoms with Crippen LogP contribution >= 0.6 is 0 Å². The summed E-state index contributed by atoms with van der Waals surface area (Å²) in [4.78, 5) is 12.4. The number of carbonyl (C=O) groups excluding carboxylic acids is 1. The van der Waals surface area contributed by atoms with Crippen LogP contribution in [0.5, 0.6) is 0 Å². The van der Waals surface area contributed by atoms with E-state index in [0.29, 0.717) is 11.5 Å². The van der Waals surface area contributed by atoms with E-state index in [1.807, 2.05) is 61.5 Å². The third-order valence-corrected chi connectivity index (χ3v) is 3.42. The number of rotatable bonds is 5. The van der Waals surface area contributed by atoms with E-state index in [-0.39, 0.29) is 12.1 Å². The van der Waals surface area contributed by atoms with Gasteiger partial charge in [-0.05, 0) is 36.5 Å². The number of esters is 1. The molecule has 2 rings (SSSR count). The van der Waals surface area contributed by atoms with Crippen LogP contribution < -0.4 is 0 Å². The minimum Gasteiger partial charge on any atom is -0.454 e. The van der Waals surface area contributed by atoms with Crippen LogP contribution in [0.1, 0.15) is 48.4 Å². The largest absolute Gasteiger partial charge is 0.454 e. The fraction of sp³-hybridized carbons (Fsp3) is 0.316. The highest BCUT2D eigenvalue weighted by molar-refractivity contribution is 5.91.